The van der Waals surface area contributed by atoms with Crippen LogP contribution in [0.15, 0.2) is 72.8 Å². The van der Waals surface area contributed by atoms with Gasteiger partial charge in [-0.25, -0.2) is 4.79 Å². The van der Waals surface area contributed by atoms with Gasteiger partial charge in [-0.1, -0.05) is 36.4 Å². The lowest BCUT2D eigenvalue weighted by molar-refractivity contribution is -0.124. The number of esters is 1. The van der Waals surface area contributed by atoms with E-state index in [1.54, 1.807) is 19.2 Å². The number of nitrogens with one attached hydrogen (secondary N) is 1. The molecule has 0 fully saturated rings. The molecule has 0 saturated carbocycles. The topological polar surface area (TPSA) is 94.1 Å². The molecule has 0 unspecified atom stereocenters. The zero-order valence-corrected chi connectivity index (χ0v) is 17.0. The highest BCUT2D eigenvalue weighted by Crippen LogP contribution is 2.28. The third kappa shape index (κ3) is 6.50. The molecule has 3 rings (SSSR count). The van der Waals surface area contributed by atoms with Crippen LogP contribution < -0.4 is 14.8 Å². The van der Waals surface area contributed by atoms with E-state index in [9.17, 15) is 14.7 Å². The first kappa shape index (κ1) is 21.7. The Bertz CT molecular complexity index is 1020. The summed E-state index contributed by atoms with van der Waals surface area (Å²) in [7, 11) is 1.55. The molecule has 7 heteroatoms. The summed E-state index contributed by atoms with van der Waals surface area (Å²) < 4.78 is 16.2. The van der Waals surface area contributed by atoms with E-state index in [1.807, 2.05) is 36.4 Å². The molecule has 3 aromatic rings. The summed E-state index contributed by atoms with van der Waals surface area (Å²) in [5.74, 6) is 0.124. The highest BCUT2D eigenvalue weighted by atomic mass is 16.5. The Morgan fingerprint density at radius 1 is 0.903 bits per heavy atom. The summed E-state index contributed by atoms with van der Waals surface area (Å²) in [5.41, 5.74) is 2.10. The predicted octanol–water partition coefficient (Wildman–Crippen LogP) is 3.45. The number of hydrogen-bond donors (Lipinski definition) is 2. The van der Waals surface area contributed by atoms with Crippen molar-refractivity contribution in [1.82, 2.24) is 5.32 Å². The van der Waals surface area contributed by atoms with Crippen molar-refractivity contribution in [3.8, 4) is 17.2 Å². The number of phenols is 1. The number of aromatic hydroxyl groups is 1. The normalized spacial score (nSPS) is 10.2. The number of carbonyl (C=O) groups excluding carboxylic acids is 2. The van der Waals surface area contributed by atoms with Crippen LogP contribution >= 0.6 is 0 Å². The maximum absolute atomic E-state index is 12.0. The van der Waals surface area contributed by atoms with Gasteiger partial charge in [-0.2, -0.15) is 0 Å². The molecule has 0 radical (unpaired) electrons. The minimum Gasteiger partial charge on any atom is -0.508 e. The molecule has 0 aromatic heterocycles. The highest BCUT2D eigenvalue weighted by molar-refractivity contribution is 5.91. The van der Waals surface area contributed by atoms with Crippen LogP contribution in [0.2, 0.25) is 0 Å². The van der Waals surface area contributed by atoms with Crippen LogP contribution in [-0.4, -0.2) is 30.7 Å². The minimum atomic E-state index is -0.642. The van der Waals surface area contributed by atoms with Gasteiger partial charge in [0, 0.05) is 6.54 Å². The minimum absolute atomic E-state index is 0.0428. The Hall–Kier alpha value is -4.00. The molecule has 0 spiro atoms. The number of ether oxygens (including phenoxy) is 3. The third-order valence-corrected chi connectivity index (χ3v) is 4.39. The van der Waals surface area contributed by atoms with Crippen molar-refractivity contribution >= 4 is 11.9 Å². The number of methoxy groups -OCH3 is 1. The molecule has 0 bridgehead atoms. The van der Waals surface area contributed by atoms with Gasteiger partial charge in [0.25, 0.3) is 5.91 Å². The van der Waals surface area contributed by atoms with E-state index in [-0.39, 0.29) is 17.9 Å². The molecule has 0 aliphatic heterocycles. The van der Waals surface area contributed by atoms with Crippen LogP contribution in [0, 0.1) is 0 Å². The molecule has 1 amide bonds. The average molecular weight is 421 g/mol. The van der Waals surface area contributed by atoms with Gasteiger partial charge >= 0.3 is 5.97 Å². The van der Waals surface area contributed by atoms with Crippen LogP contribution in [-0.2, 0) is 22.7 Å². The van der Waals surface area contributed by atoms with E-state index < -0.39 is 18.5 Å². The Kier molecular flexibility index (Phi) is 7.48. The molecule has 2 N–H and O–H groups in total. The van der Waals surface area contributed by atoms with Crippen LogP contribution in [0.4, 0.5) is 0 Å². The maximum atomic E-state index is 12.0. The summed E-state index contributed by atoms with van der Waals surface area (Å²) >= 11 is 0. The lowest BCUT2D eigenvalue weighted by Crippen LogP contribution is -2.28. The molecule has 160 valence electrons. The van der Waals surface area contributed by atoms with E-state index in [4.69, 9.17) is 14.2 Å². The van der Waals surface area contributed by atoms with Gasteiger partial charge in [0.2, 0.25) is 0 Å². The zero-order valence-electron chi connectivity index (χ0n) is 17.0. The third-order valence-electron chi connectivity index (χ3n) is 4.39. The zero-order chi connectivity index (χ0) is 22.1. The first-order valence-corrected chi connectivity index (χ1v) is 9.61. The largest absolute Gasteiger partial charge is 0.508 e. The molecule has 31 heavy (non-hydrogen) atoms. The summed E-state index contributed by atoms with van der Waals surface area (Å²) in [5, 5.41) is 11.9. The molecule has 0 saturated heterocycles. The summed E-state index contributed by atoms with van der Waals surface area (Å²) in [4.78, 5) is 23.9. The number of rotatable bonds is 9. The summed E-state index contributed by atoms with van der Waals surface area (Å²) in [6, 6.07) is 20.8. The van der Waals surface area contributed by atoms with Crippen molar-refractivity contribution < 1.29 is 28.9 Å². The lowest BCUT2D eigenvalue weighted by Gasteiger charge is -2.13. The quantitative estimate of drug-likeness (QED) is 0.514. The molecule has 0 heterocycles. The molecule has 7 nitrogen and oxygen atoms in total. The SMILES string of the molecule is COc1cc(CNC(=O)COC(=O)c2ccc(O)cc2)ccc1OCc1ccccc1. The predicted molar refractivity (Wildman–Crippen MR) is 114 cm³/mol. The maximum Gasteiger partial charge on any atom is 0.338 e. The van der Waals surface area contributed by atoms with Gasteiger partial charge in [-0.05, 0) is 47.5 Å². The van der Waals surface area contributed by atoms with Crippen molar-refractivity contribution in [2.45, 2.75) is 13.2 Å². The van der Waals surface area contributed by atoms with E-state index in [0.717, 1.165) is 11.1 Å². The molecule has 3 aromatic carbocycles. The number of hydrogen-bond acceptors (Lipinski definition) is 6. The van der Waals surface area contributed by atoms with Crippen molar-refractivity contribution in [3.05, 3.63) is 89.5 Å². The lowest BCUT2D eigenvalue weighted by atomic mass is 10.2. The smallest absolute Gasteiger partial charge is 0.338 e. The van der Waals surface area contributed by atoms with Gasteiger partial charge in [-0.3, -0.25) is 4.79 Å². The first-order chi connectivity index (χ1) is 15.0. The van der Waals surface area contributed by atoms with Crippen molar-refractivity contribution in [1.29, 1.82) is 0 Å². The van der Waals surface area contributed by atoms with Gasteiger partial charge < -0.3 is 24.6 Å². The van der Waals surface area contributed by atoms with Crippen LogP contribution in [0.25, 0.3) is 0 Å². The van der Waals surface area contributed by atoms with Gasteiger partial charge in [0.05, 0.1) is 12.7 Å². The molecular formula is C24H23NO6. The van der Waals surface area contributed by atoms with Gasteiger partial charge in [-0.15, -0.1) is 0 Å². The molecule has 0 aliphatic rings. The molecule has 0 aliphatic carbocycles. The Morgan fingerprint density at radius 2 is 1.65 bits per heavy atom. The van der Waals surface area contributed by atoms with E-state index in [2.05, 4.69) is 5.32 Å². The van der Waals surface area contributed by atoms with Crippen molar-refractivity contribution in [3.63, 3.8) is 0 Å². The highest BCUT2D eigenvalue weighted by Gasteiger charge is 2.11. The molecule has 0 atom stereocenters. The van der Waals surface area contributed by atoms with Crippen LogP contribution in [0.3, 0.4) is 0 Å². The van der Waals surface area contributed by atoms with Crippen molar-refractivity contribution in [2.75, 3.05) is 13.7 Å². The van der Waals surface area contributed by atoms with Gasteiger partial charge in [0.15, 0.2) is 18.1 Å². The second kappa shape index (κ2) is 10.7. The monoisotopic (exact) mass is 421 g/mol. The standard InChI is InChI=1S/C24H23NO6/c1-29-22-13-18(7-12-21(22)30-15-17-5-3-2-4-6-17)14-25-23(27)16-31-24(28)19-8-10-20(26)11-9-19/h2-13,26H,14-16H2,1H3,(H,25,27). The number of phenolic OH excluding ortho intramolecular Hbond substituents is 1. The second-order valence-electron chi connectivity index (χ2n) is 6.66. The van der Waals surface area contributed by atoms with Gasteiger partial charge in [0.1, 0.15) is 12.4 Å². The summed E-state index contributed by atoms with van der Waals surface area (Å²) in [6.07, 6.45) is 0. The summed E-state index contributed by atoms with van der Waals surface area (Å²) in [6.45, 7) is 0.250. The fourth-order valence-corrected chi connectivity index (χ4v) is 2.74. The van der Waals surface area contributed by atoms with Crippen LogP contribution in [0.5, 0.6) is 17.2 Å². The number of benzene rings is 3. The fraction of sp³-hybridized carbons (Fsp3) is 0.167. The number of carbonyl (C=O) groups is 2. The van der Waals surface area contributed by atoms with Crippen molar-refractivity contribution in [2.24, 2.45) is 0 Å². The Balaban J connectivity index is 1.48. The fourth-order valence-electron chi connectivity index (χ4n) is 2.74. The van der Waals surface area contributed by atoms with Crippen LogP contribution in [0.1, 0.15) is 21.5 Å². The number of amides is 1. The molecular weight excluding hydrogens is 398 g/mol. The van der Waals surface area contributed by atoms with E-state index in [1.165, 1.54) is 24.3 Å². The Labute approximate surface area is 180 Å². The van der Waals surface area contributed by atoms with E-state index in [0.29, 0.717) is 18.1 Å². The van der Waals surface area contributed by atoms with E-state index >= 15 is 0 Å². The Morgan fingerprint density at radius 3 is 2.35 bits per heavy atom. The average Bonchev–Trinajstić information content (AvgIpc) is 2.81. The first-order valence-electron chi connectivity index (χ1n) is 9.61. The second-order valence-corrected chi connectivity index (χ2v) is 6.66.